The molecule has 0 saturated heterocycles. The highest BCUT2D eigenvalue weighted by Crippen LogP contribution is 2.36. The Morgan fingerprint density at radius 2 is 1.66 bits per heavy atom. The minimum atomic E-state index is -4.36. The Kier molecular flexibility index (Phi) is 4.80. The minimum absolute atomic E-state index is 0.117. The van der Waals surface area contributed by atoms with Gasteiger partial charge in [0.2, 0.25) is 0 Å². The van der Waals surface area contributed by atoms with E-state index < -0.39 is 11.7 Å². The van der Waals surface area contributed by atoms with Crippen molar-refractivity contribution < 1.29 is 18.3 Å². The number of rotatable bonds is 3. The van der Waals surface area contributed by atoms with Crippen molar-refractivity contribution in [3.8, 4) is 16.9 Å². The molecule has 0 radical (unpaired) electrons. The lowest BCUT2D eigenvalue weighted by atomic mass is 10.0. The van der Waals surface area contributed by atoms with Crippen LogP contribution in [0.3, 0.4) is 0 Å². The monoisotopic (exact) mass is 414 g/mol. The largest absolute Gasteiger partial charge is 0.507 e. The van der Waals surface area contributed by atoms with Crippen LogP contribution in [0.25, 0.3) is 34.3 Å². The van der Waals surface area contributed by atoms with Gasteiger partial charge in [-0.15, -0.1) is 0 Å². The van der Waals surface area contributed by atoms with Gasteiger partial charge in [0.1, 0.15) is 11.6 Å². The number of halogens is 4. The highest BCUT2D eigenvalue weighted by atomic mass is 35.5. The number of hydrogen-bond acceptors (Lipinski definition) is 2. The molecule has 0 aliphatic carbocycles. The minimum Gasteiger partial charge on any atom is -0.507 e. The summed E-state index contributed by atoms with van der Waals surface area (Å²) in [6.45, 7) is 0. The molecule has 0 bridgehead atoms. The van der Waals surface area contributed by atoms with E-state index in [1.54, 1.807) is 48.6 Å². The molecule has 29 heavy (non-hydrogen) atoms. The van der Waals surface area contributed by atoms with Gasteiger partial charge in [0.15, 0.2) is 0 Å². The van der Waals surface area contributed by atoms with Crippen molar-refractivity contribution in [2.24, 2.45) is 0 Å². The quantitative estimate of drug-likeness (QED) is 0.388. The molecule has 4 aromatic rings. The number of nitrogens with one attached hydrogen (secondary N) is 1. The molecule has 1 heterocycles. The zero-order chi connectivity index (χ0) is 20.6. The fraction of sp³-hybridized carbons (Fsp3) is 0.0455. The summed E-state index contributed by atoms with van der Waals surface area (Å²) < 4.78 is 37.9. The highest BCUT2D eigenvalue weighted by molar-refractivity contribution is 6.34. The average molecular weight is 415 g/mol. The van der Waals surface area contributed by atoms with Gasteiger partial charge in [-0.25, -0.2) is 4.98 Å². The number of aromatic hydroxyl groups is 1. The SMILES string of the molecule is Oc1ccccc1-c1cc2nc(/C=C/c3ccc(C(F)(F)F)cc3)[nH]c2cc1Cl. The van der Waals surface area contributed by atoms with E-state index in [2.05, 4.69) is 9.97 Å². The van der Waals surface area contributed by atoms with Gasteiger partial charge in [-0.2, -0.15) is 13.2 Å². The van der Waals surface area contributed by atoms with Crippen molar-refractivity contribution in [1.82, 2.24) is 9.97 Å². The van der Waals surface area contributed by atoms with Crippen molar-refractivity contribution in [3.05, 3.63) is 82.6 Å². The highest BCUT2D eigenvalue weighted by Gasteiger charge is 2.29. The molecule has 0 aliphatic rings. The summed E-state index contributed by atoms with van der Waals surface area (Å²) in [5.41, 5.74) is 2.54. The van der Waals surface area contributed by atoms with Crippen LogP contribution in [0.5, 0.6) is 5.75 Å². The first-order chi connectivity index (χ1) is 13.8. The van der Waals surface area contributed by atoms with Crippen molar-refractivity contribution >= 4 is 34.8 Å². The van der Waals surface area contributed by atoms with E-state index in [1.807, 2.05) is 0 Å². The van der Waals surface area contributed by atoms with Gasteiger partial charge >= 0.3 is 6.18 Å². The van der Waals surface area contributed by atoms with Gasteiger partial charge in [-0.05, 0) is 42.0 Å². The Hall–Kier alpha value is -3.25. The van der Waals surface area contributed by atoms with E-state index in [0.29, 0.717) is 38.6 Å². The van der Waals surface area contributed by atoms with Crippen LogP contribution in [0.15, 0.2) is 60.7 Å². The molecule has 3 nitrogen and oxygen atoms in total. The smallest absolute Gasteiger partial charge is 0.416 e. The van der Waals surface area contributed by atoms with Gasteiger partial charge in [0, 0.05) is 11.1 Å². The number of aromatic nitrogens is 2. The molecular formula is C22H14ClF3N2O. The maximum Gasteiger partial charge on any atom is 0.416 e. The second-order valence-corrected chi connectivity index (χ2v) is 6.85. The summed E-state index contributed by atoms with van der Waals surface area (Å²) >= 11 is 6.37. The molecular weight excluding hydrogens is 401 g/mol. The third kappa shape index (κ3) is 3.98. The number of imidazole rings is 1. The number of nitrogens with zero attached hydrogens (tertiary/aromatic N) is 1. The summed E-state index contributed by atoms with van der Waals surface area (Å²) in [4.78, 5) is 7.59. The molecule has 0 fully saturated rings. The number of aromatic amines is 1. The van der Waals surface area contributed by atoms with E-state index in [0.717, 1.165) is 12.1 Å². The summed E-state index contributed by atoms with van der Waals surface area (Å²) in [6.07, 6.45) is -1.01. The summed E-state index contributed by atoms with van der Waals surface area (Å²) in [7, 11) is 0. The maximum atomic E-state index is 12.6. The summed E-state index contributed by atoms with van der Waals surface area (Å²) in [5, 5.41) is 10.5. The van der Waals surface area contributed by atoms with Crippen molar-refractivity contribution in [1.29, 1.82) is 0 Å². The van der Waals surface area contributed by atoms with Crippen LogP contribution in [-0.2, 0) is 6.18 Å². The van der Waals surface area contributed by atoms with E-state index in [4.69, 9.17) is 11.6 Å². The molecule has 7 heteroatoms. The molecule has 0 atom stereocenters. The standard InChI is InChI=1S/C22H14ClF3N2O/c23-17-12-19-18(11-16(17)15-3-1-2-4-20(15)29)27-21(28-19)10-7-13-5-8-14(9-6-13)22(24,25)26/h1-12,29H,(H,27,28)/b10-7+. The number of fused-ring (bicyclic) bond motifs is 1. The van der Waals surface area contributed by atoms with E-state index in [-0.39, 0.29) is 5.75 Å². The number of hydrogen-bond donors (Lipinski definition) is 2. The molecule has 0 aliphatic heterocycles. The predicted molar refractivity (Wildman–Crippen MR) is 109 cm³/mol. The van der Waals surface area contributed by atoms with Gasteiger partial charge in [-0.1, -0.05) is 48.0 Å². The lowest BCUT2D eigenvalue weighted by molar-refractivity contribution is -0.137. The van der Waals surface area contributed by atoms with Crippen LogP contribution in [0.2, 0.25) is 5.02 Å². The molecule has 0 amide bonds. The molecule has 4 rings (SSSR count). The zero-order valence-corrected chi connectivity index (χ0v) is 15.6. The molecule has 2 N–H and O–H groups in total. The third-order valence-corrected chi connectivity index (χ3v) is 4.77. The maximum absolute atomic E-state index is 12.6. The Bertz CT molecular complexity index is 1210. The van der Waals surface area contributed by atoms with E-state index in [9.17, 15) is 18.3 Å². The lowest BCUT2D eigenvalue weighted by Gasteiger charge is -2.06. The Balaban J connectivity index is 1.64. The molecule has 0 spiro atoms. The molecule has 0 saturated carbocycles. The normalized spacial score (nSPS) is 12.1. The fourth-order valence-corrected chi connectivity index (χ4v) is 3.26. The van der Waals surface area contributed by atoms with Gasteiger partial charge in [-0.3, -0.25) is 0 Å². The van der Waals surface area contributed by atoms with E-state index in [1.165, 1.54) is 12.1 Å². The summed E-state index contributed by atoms with van der Waals surface area (Å²) in [5.74, 6) is 0.650. The fourth-order valence-electron chi connectivity index (χ4n) is 3.00. The van der Waals surface area contributed by atoms with Gasteiger partial charge < -0.3 is 10.1 Å². The Morgan fingerprint density at radius 3 is 2.34 bits per heavy atom. The summed E-state index contributed by atoms with van der Waals surface area (Å²) in [6, 6.07) is 15.2. The number of phenolic OH excluding ortho intramolecular Hbond substituents is 1. The van der Waals surface area contributed by atoms with Gasteiger partial charge in [0.05, 0.1) is 21.6 Å². The Labute approximate surface area is 169 Å². The van der Waals surface area contributed by atoms with Crippen molar-refractivity contribution in [2.75, 3.05) is 0 Å². The Morgan fingerprint density at radius 1 is 0.931 bits per heavy atom. The topological polar surface area (TPSA) is 48.9 Å². The van der Waals surface area contributed by atoms with Crippen molar-refractivity contribution in [3.63, 3.8) is 0 Å². The number of benzene rings is 3. The average Bonchev–Trinajstić information content (AvgIpc) is 3.07. The van der Waals surface area contributed by atoms with Crippen LogP contribution < -0.4 is 0 Å². The zero-order valence-electron chi connectivity index (χ0n) is 14.8. The number of alkyl halides is 3. The molecule has 3 aromatic carbocycles. The number of para-hydroxylation sites is 1. The molecule has 1 aromatic heterocycles. The lowest BCUT2D eigenvalue weighted by Crippen LogP contribution is -2.03. The number of phenols is 1. The van der Waals surface area contributed by atoms with Crippen LogP contribution in [0.4, 0.5) is 13.2 Å². The predicted octanol–water partition coefficient (Wildman–Crippen LogP) is 6.78. The first-order valence-corrected chi connectivity index (χ1v) is 9.02. The first-order valence-electron chi connectivity index (χ1n) is 8.64. The van der Waals surface area contributed by atoms with E-state index >= 15 is 0 Å². The second-order valence-electron chi connectivity index (χ2n) is 6.44. The molecule has 146 valence electrons. The first kappa shape index (κ1) is 19.1. The molecule has 0 unspecified atom stereocenters. The number of H-pyrrole nitrogens is 1. The second kappa shape index (κ2) is 7.29. The third-order valence-electron chi connectivity index (χ3n) is 4.45. The van der Waals surface area contributed by atoms with Crippen LogP contribution in [0.1, 0.15) is 17.0 Å². The van der Waals surface area contributed by atoms with Crippen LogP contribution >= 0.6 is 11.6 Å². The van der Waals surface area contributed by atoms with Gasteiger partial charge in [0.25, 0.3) is 0 Å². The van der Waals surface area contributed by atoms with Crippen molar-refractivity contribution in [2.45, 2.75) is 6.18 Å². The van der Waals surface area contributed by atoms with Crippen LogP contribution in [0, 0.1) is 0 Å². The van der Waals surface area contributed by atoms with Crippen LogP contribution in [-0.4, -0.2) is 15.1 Å².